The molecule has 0 radical (unpaired) electrons. The van der Waals surface area contributed by atoms with Crippen molar-refractivity contribution in [3.8, 4) is 5.75 Å². The molecule has 6 nitrogen and oxygen atoms in total. The molecule has 1 aliphatic rings. The molecule has 7 heteroatoms. The number of esters is 1. The molecule has 0 saturated heterocycles. The molecule has 0 aromatic heterocycles. The number of rotatable bonds is 6. The van der Waals surface area contributed by atoms with Crippen molar-refractivity contribution in [3.63, 3.8) is 0 Å². The summed E-state index contributed by atoms with van der Waals surface area (Å²) in [5.74, 6) is 0.444. The third kappa shape index (κ3) is 4.43. The van der Waals surface area contributed by atoms with Crippen LogP contribution in [0.5, 0.6) is 5.75 Å². The minimum absolute atomic E-state index is 0.125. The molecule has 1 heterocycles. The number of nitrogens with one attached hydrogen (secondary N) is 1. The van der Waals surface area contributed by atoms with Crippen LogP contribution in [0.4, 0.5) is 5.69 Å². The van der Waals surface area contributed by atoms with E-state index in [0.717, 1.165) is 29.1 Å². The summed E-state index contributed by atoms with van der Waals surface area (Å²) in [7, 11) is 3.51. The van der Waals surface area contributed by atoms with Gasteiger partial charge in [-0.05, 0) is 56.3 Å². The predicted molar refractivity (Wildman–Crippen MR) is 110 cm³/mol. The number of hydrogen-bond donors (Lipinski definition) is 1. The number of methoxy groups -OCH3 is 1. The molecule has 0 aliphatic carbocycles. The van der Waals surface area contributed by atoms with Gasteiger partial charge in [-0.3, -0.25) is 4.79 Å². The molecule has 0 fully saturated rings. The van der Waals surface area contributed by atoms with Crippen molar-refractivity contribution in [1.82, 2.24) is 5.32 Å². The first kappa shape index (κ1) is 20.5. The van der Waals surface area contributed by atoms with Gasteiger partial charge in [0.15, 0.2) is 4.90 Å². The van der Waals surface area contributed by atoms with E-state index in [4.69, 9.17) is 9.47 Å². The molecule has 2 aromatic rings. The van der Waals surface area contributed by atoms with Crippen LogP contribution in [0.15, 0.2) is 53.4 Å². The molecule has 2 unspecified atom stereocenters. The van der Waals surface area contributed by atoms with Crippen LogP contribution >= 0.6 is 0 Å². The Morgan fingerprint density at radius 1 is 1.25 bits per heavy atom. The minimum atomic E-state index is -1.51. The number of carbonyl (C=O) groups is 1. The van der Waals surface area contributed by atoms with Gasteiger partial charge in [0.1, 0.15) is 17.1 Å². The second-order valence-corrected chi connectivity index (χ2v) is 8.03. The first-order valence-electron chi connectivity index (χ1n) is 9.31. The van der Waals surface area contributed by atoms with Gasteiger partial charge in [-0.1, -0.05) is 18.2 Å². The molecule has 0 amide bonds. The summed E-state index contributed by atoms with van der Waals surface area (Å²) in [6.45, 7) is 2.21. The van der Waals surface area contributed by atoms with Gasteiger partial charge in [-0.15, -0.1) is 4.31 Å². The number of carbonyl (C=O) groups excluding carboxylic acids is 1. The molecule has 3 atom stereocenters. The molecular formula is C21H26N2O4S. The second kappa shape index (κ2) is 9.32. The Morgan fingerprint density at radius 2 is 1.96 bits per heavy atom. The fourth-order valence-electron chi connectivity index (χ4n) is 3.53. The Hall–Kier alpha value is -2.22. The van der Waals surface area contributed by atoms with E-state index >= 15 is 0 Å². The van der Waals surface area contributed by atoms with E-state index in [-0.39, 0.29) is 11.9 Å². The van der Waals surface area contributed by atoms with Gasteiger partial charge in [0.25, 0.3) is 0 Å². The standard InChI is InChI=1S/C21H26N2O4S/c1-15(24)27-21-14-16(12-13-22-2)19-6-4-5-7-20(19)28(25)23(21)17-8-10-18(26-3)11-9-17/h4-11,16,21-22H,12-14H2,1-3H3/t16?,21-,28?/m0/s1. The van der Waals surface area contributed by atoms with Gasteiger partial charge in [-0.25, -0.2) is 0 Å². The van der Waals surface area contributed by atoms with E-state index in [1.54, 1.807) is 11.4 Å². The van der Waals surface area contributed by atoms with Crippen LogP contribution in [0.3, 0.4) is 0 Å². The van der Waals surface area contributed by atoms with E-state index in [9.17, 15) is 9.35 Å². The van der Waals surface area contributed by atoms with Crippen LogP contribution in [0.1, 0.15) is 31.2 Å². The van der Waals surface area contributed by atoms with Crippen molar-refractivity contribution < 1.29 is 18.8 Å². The highest BCUT2D eigenvalue weighted by Crippen LogP contribution is 2.40. The summed E-state index contributed by atoms with van der Waals surface area (Å²) in [6, 6.07) is 15.1. The Bertz CT molecular complexity index is 799. The molecule has 28 heavy (non-hydrogen) atoms. The zero-order valence-electron chi connectivity index (χ0n) is 16.4. The maximum Gasteiger partial charge on any atom is 0.304 e. The molecule has 0 saturated carbocycles. The van der Waals surface area contributed by atoms with E-state index in [2.05, 4.69) is 5.32 Å². The average Bonchev–Trinajstić information content (AvgIpc) is 2.81. The summed E-state index contributed by atoms with van der Waals surface area (Å²) in [4.78, 5) is 12.6. The van der Waals surface area contributed by atoms with Crippen molar-refractivity contribution >= 4 is 23.0 Å². The minimum Gasteiger partial charge on any atom is -0.588 e. The van der Waals surface area contributed by atoms with E-state index < -0.39 is 17.6 Å². The van der Waals surface area contributed by atoms with Gasteiger partial charge in [0.05, 0.1) is 12.8 Å². The van der Waals surface area contributed by atoms with Crippen LogP contribution in [0, 0.1) is 0 Å². The number of nitrogens with zero attached hydrogens (tertiary/aromatic N) is 1. The summed E-state index contributed by atoms with van der Waals surface area (Å²) < 4.78 is 26.2. The Kier molecular flexibility index (Phi) is 6.83. The average molecular weight is 403 g/mol. The van der Waals surface area contributed by atoms with Crippen molar-refractivity contribution in [1.29, 1.82) is 0 Å². The molecular weight excluding hydrogens is 376 g/mol. The van der Waals surface area contributed by atoms with E-state index in [1.165, 1.54) is 6.92 Å². The predicted octanol–water partition coefficient (Wildman–Crippen LogP) is 3.21. The normalized spacial score (nSPS) is 21.6. The van der Waals surface area contributed by atoms with E-state index in [1.807, 2.05) is 55.6 Å². The van der Waals surface area contributed by atoms with Crippen LogP contribution in [-0.2, 0) is 20.9 Å². The smallest absolute Gasteiger partial charge is 0.304 e. The van der Waals surface area contributed by atoms with Crippen molar-refractivity contribution in [2.24, 2.45) is 0 Å². The maximum atomic E-state index is 13.6. The number of anilines is 1. The third-order valence-electron chi connectivity index (χ3n) is 4.85. The first-order valence-corrected chi connectivity index (χ1v) is 10.4. The highest BCUT2D eigenvalue weighted by molar-refractivity contribution is 7.93. The van der Waals surface area contributed by atoms with Crippen LogP contribution in [0.2, 0.25) is 0 Å². The number of benzene rings is 2. The zero-order valence-corrected chi connectivity index (χ0v) is 17.2. The molecule has 1 N–H and O–H groups in total. The van der Waals surface area contributed by atoms with Gasteiger partial charge in [0.2, 0.25) is 6.23 Å². The Labute approximate surface area is 169 Å². The lowest BCUT2D eigenvalue weighted by Crippen LogP contribution is -2.42. The van der Waals surface area contributed by atoms with Crippen molar-refractivity contribution in [3.05, 3.63) is 54.1 Å². The highest BCUT2D eigenvalue weighted by Gasteiger charge is 2.41. The molecule has 3 rings (SSSR count). The van der Waals surface area contributed by atoms with Gasteiger partial charge >= 0.3 is 5.97 Å². The number of ether oxygens (including phenoxy) is 2. The van der Waals surface area contributed by atoms with Crippen LogP contribution in [-0.4, -0.2) is 37.5 Å². The fraction of sp³-hybridized carbons (Fsp3) is 0.381. The Balaban J connectivity index is 2.06. The van der Waals surface area contributed by atoms with Gasteiger partial charge in [-0.2, -0.15) is 0 Å². The first-order chi connectivity index (χ1) is 13.5. The lowest BCUT2D eigenvalue weighted by Gasteiger charge is -2.30. The molecule has 0 bridgehead atoms. The number of hydrogen-bond acceptors (Lipinski definition) is 6. The number of fused-ring (bicyclic) bond motifs is 1. The third-order valence-corrected chi connectivity index (χ3v) is 6.40. The topological polar surface area (TPSA) is 73.9 Å². The Morgan fingerprint density at radius 3 is 2.61 bits per heavy atom. The summed E-state index contributed by atoms with van der Waals surface area (Å²) >= 11 is -1.51. The van der Waals surface area contributed by atoms with Gasteiger partial charge < -0.3 is 19.3 Å². The lowest BCUT2D eigenvalue weighted by molar-refractivity contribution is -0.146. The van der Waals surface area contributed by atoms with E-state index in [0.29, 0.717) is 12.2 Å². The second-order valence-electron chi connectivity index (χ2n) is 6.70. The van der Waals surface area contributed by atoms with Crippen molar-refractivity contribution in [2.75, 3.05) is 25.0 Å². The summed E-state index contributed by atoms with van der Waals surface area (Å²) in [6.07, 6.45) is 0.801. The molecule has 0 spiro atoms. The summed E-state index contributed by atoms with van der Waals surface area (Å²) in [5, 5.41) is 3.18. The van der Waals surface area contributed by atoms with Crippen molar-refractivity contribution in [2.45, 2.75) is 36.8 Å². The van der Waals surface area contributed by atoms with Crippen LogP contribution in [0.25, 0.3) is 0 Å². The van der Waals surface area contributed by atoms with Crippen LogP contribution < -0.4 is 14.4 Å². The molecule has 150 valence electrons. The van der Waals surface area contributed by atoms with Gasteiger partial charge in [0, 0.05) is 18.9 Å². The zero-order chi connectivity index (χ0) is 20.1. The molecule has 1 aliphatic heterocycles. The SMILES string of the molecule is CNCCC1C[C@H](OC(C)=O)N(c2ccc(OC)cc2)[S+]([O-])c2ccccc21. The lowest BCUT2D eigenvalue weighted by atomic mass is 9.91. The summed E-state index contributed by atoms with van der Waals surface area (Å²) in [5.41, 5.74) is 1.76. The maximum absolute atomic E-state index is 13.6. The molecule has 2 aromatic carbocycles. The monoisotopic (exact) mass is 402 g/mol. The largest absolute Gasteiger partial charge is 0.588 e. The highest BCUT2D eigenvalue weighted by atomic mass is 32.2. The quantitative estimate of drug-likeness (QED) is 0.591. The fourth-order valence-corrected chi connectivity index (χ4v) is 5.03.